The van der Waals surface area contributed by atoms with Crippen molar-refractivity contribution in [3.63, 3.8) is 0 Å². The highest BCUT2D eigenvalue weighted by Gasteiger charge is 2.64. The van der Waals surface area contributed by atoms with E-state index in [-0.39, 0.29) is 46.4 Å². The quantitative estimate of drug-likeness (QED) is 0.655. The van der Waals surface area contributed by atoms with Crippen molar-refractivity contribution in [2.75, 3.05) is 0 Å². The van der Waals surface area contributed by atoms with Gasteiger partial charge in [-0.1, -0.05) is 26.3 Å². The molecule has 0 aromatic rings. The maximum absolute atomic E-state index is 12.4. The third-order valence-electron chi connectivity index (χ3n) is 9.17. The van der Waals surface area contributed by atoms with Gasteiger partial charge in [0.1, 0.15) is 11.9 Å². The first kappa shape index (κ1) is 19.8. The molecule has 0 aromatic carbocycles. The Morgan fingerprint density at radius 3 is 2.43 bits per heavy atom. The smallest absolute Gasteiger partial charge is 0.302 e. The first-order chi connectivity index (χ1) is 13.1. The van der Waals surface area contributed by atoms with Crippen molar-refractivity contribution < 1.29 is 19.1 Å². The summed E-state index contributed by atoms with van der Waals surface area (Å²) in [7, 11) is 0. The van der Waals surface area contributed by atoms with E-state index in [0.717, 1.165) is 32.1 Å². The molecule has 4 aliphatic carbocycles. The first-order valence-electron chi connectivity index (χ1n) is 11.0. The molecule has 0 unspecified atom stereocenters. The molecule has 0 spiro atoms. The Balaban J connectivity index is 1.80. The summed E-state index contributed by atoms with van der Waals surface area (Å²) in [5.41, 5.74) is 1.21. The van der Waals surface area contributed by atoms with E-state index in [1.54, 1.807) is 6.92 Å². The van der Waals surface area contributed by atoms with Crippen LogP contribution in [0, 0.1) is 40.4 Å². The lowest BCUT2D eigenvalue weighted by molar-refractivity contribution is -0.174. The van der Waals surface area contributed by atoms with E-state index in [2.05, 4.69) is 20.8 Å². The zero-order valence-corrected chi connectivity index (χ0v) is 17.9. The van der Waals surface area contributed by atoms with Gasteiger partial charge in [-0.25, -0.2) is 0 Å². The molecule has 0 saturated heterocycles. The van der Waals surface area contributed by atoms with Crippen LogP contribution in [0.3, 0.4) is 0 Å². The van der Waals surface area contributed by atoms with E-state index in [1.165, 1.54) is 12.5 Å². The molecule has 0 radical (unpaired) electrons. The van der Waals surface area contributed by atoms with E-state index < -0.39 is 0 Å². The number of ether oxygens (including phenoxy) is 1. The monoisotopic (exact) mass is 386 g/mol. The minimum Gasteiger partial charge on any atom is -0.462 e. The highest BCUT2D eigenvalue weighted by Crippen LogP contribution is 2.67. The summed E-state index contributed by atoms with van der Waals surface area (Å²) in [5.74, 6) is 1.55. The van der Waals surface area contributed by atoms with Crippen molar-refractivity contribution in [2.24, 2.45) is 40.4 Å². The Labute approximate surface area is 168 Å². The molecule has 8 atom stereocenters. The van der Waals surface area contributed by atoms with Crippen LogP contribution < -0.4 is 0 Å². The molecule has 3 saturated carbocycles. The van der Waals surface area contributed by atoms with E-state index in [1.807, 2.05) is 6.08 Å². The number of fused-ring (bicyclic) bond motifs is 5. The molecular formula is C24H34O4. The minimum absolute atomic E-state index is 0.00425. The summed E-state index contributed by atoms with van der Waals surface area (Å²) in [4.78, 5) is 36.6. The standard InChI is InChI=1S/C24H34O4/c1-13-20-12-16(27)8-10-24(20,5)19-9-11-23(4)17(14(2)25)6-7-18(23)21(19)22(13)28-15(3)26/h12-13,17-19,21-22H,6-11H2,1-5H3/t13-,17-,18+,19+,21+,22-,23-,24-/m1/s1. The zero-order valence-electron chi connectivity index (χ0n) is 17.9. The number of hydrogen-bond donors (Lipinski definition) is 0. The first-order valence-corrected chi connectivity index (χ1v) is 11.0. The number of carbonyl (C=O) groups is 3. The second-order valence-electron chi connectivity index (χ2n) is 10.4. The number of rotatable bonds is 2. The fraction of sp³-hybridized carbons (Fsp3) is 0.792. The number of carbonyl (C=O) groups excluding carboxylic acids is 3. The SMILES string of the molecule is CC(=O)O[C@H]1[C@H]2[C@@H]3CC[C@H](C(C)=O)[C@@]3(C)CC[C@@H]2[C@@]2(C)CCC(=O)C=C2[C@H]1C. The summed E-state index contributed by atoms with van der Waals surface area (Å²) in [6, 6.07) is 0. The zero-order chi connectivity index (χ0) is 20.4. The van der Waals surface area contributed by atoms with Crippen LogP contribution in [-0.2, 0) is 19.1 Å². The molecule has 4 aliphatic rings. The van der Waals surface area contributed by atoms with E-state index >= 15 is 0 Å². The summed E-state index contributed by atoms with van der Waals surface area (Å²) in [6.07, 6.45) is 7.29. The van der Waals surface area contributed by atoms with Crippen LogP contribution in [0.4, 0.5) is 0 Å². The molecule has 28 heavy (non-hydrogen) atoms. The number of hydrogen-bond acceptors (Lipinski definition) is 4. The fourth-order valence-electron chi connectivity index (χ4n) is 7.94. The predicted molar refractivity (Wildman–Crippen MR) is 106 cm³/mol. The van der Waals surface area contributed by atoms with E-state index in [9.17, 15) is 14.4 Å². The van der Waals surface area contributed by atoms with Gasteiger partial charge >= 0.3 is 5.97 Å². The third kappa shape index (κ3) is 2.66. The molecule has 0 aromatic heterocycles. The molecule has 0 bridgehead atoms. The molecular weight excluding hydrogens is 352 g/mol. The maximum atomic E-state index is 12.4. The van der Waals surface area contributed by atoms with Crippen LogP contribution in [0.1, 0.15) is 73.1 Å². The molecule has 3 fully saturated rings. The highest BCUT2D eigenvalue weighted by molar-refractivity contribution is 5.91. The normalized spacial score (nSPS) is 47.5. The molecule has 154 valence electrons. The van der Waals surface area contributed by atoms with E-state index in [4.69, 9.17) is 4.74 Å². The van der Waals surface area contributed by atoms with Crippen LogP contribution in [0.25, 0.3) is 0 Å². The Hall–Kier alpha value is -1.45. The average molecular weight is 387 g/mol. The minimum atomic E-state index is -0.240. The Kier molecular flexibility index (Phi) is 4.63. The topological polar surface area (TPSA) is 60.4 Å². The molecule has 0 aliphatic heterocycles. The van der Waals surface area contributed by atoms with Gasteiger partial charge in [0.2, 0.25) is 0 Å². The van der Waals surface area contributed by atoms with Gasteiger partial charge in [-0.15, -0.1) is 0 Å². The van der Waals surface area contributed by atoms with Gasteiger partial charge in [0, 0.05) is 31.1 Å². The lowest BCUT2D eigenvalue weighted by atomic mass is 9.44. The van der Waals surface area contributed by atoms with Crippen molar-refractivity contribution in [2.45, 2.75) is 79.2 Å². The van der Waals surface area contributed by atoms with Crippen molar-refractivity contribution in [3.8, 4) is 0 Å². The second-order valence-corrected chi connectivity index (χ2v) is 10.4. The van der Waals surface area contributed by atoms with Crippen LogP contribution in [0.2, 0.25) is 0 Å². The number of Topliss-reactive ketones (excluding diaryl/α,β-unsaturated/α-hetero) is 1. The summed E-state index contributed by atoms with van der Waals surface area (Å²) >= 11 is 0. The molecule has 4 rings (SSSR count). The van der Waals surface area contributed by atoms with Crippen LogP contribution in [0.15, 0.2) is 11.6 Å². The number of ketones is 2. The van der Waals surface area contributed by atoms with Crippen molar-refractivity contribution in [1.29, 1.82) is 0 Å². The molecule has 0 amide bonds. The molecule has 0 N–H and O–H groups in total. The third-order valence-corrected chi connectivity index (χ3v) is 9.17. The van der Waals surface area contributed by atoms with Crippen LogP contribution >= 0.6 is 0 Å². The predicted octanol–water partition coefficient (Wildman–Crippen LogP) is 4.51. The van der Waals surface area contributed by atoms with Crippen LogP contribution in [-0.4, -0.2) is 23.6 Å². The Morgan fingerprint density at radius 1 is 1.07 bits per heavy atom. The van der Waals surface area contributed by atoms with Crippen molar-refractivity contribution in [1.82, 2.24) is 0 Å². The summed E-state index contributed by atoms with van der Waals surface area (Å²) in [6.45, 7) is 10.0. The largest absolute Gasteiger partial charge is 0.462 e. The van der Waals surface area contributed by atoms with Gasteiger partial charge in [-0.2, -0.15) is 0 Å². The Morgan fingerprint density at radius 2 is 1.79 bits per heavy atom. The van der Waals surface area contributed by atoms with Crippen molar-refractivity contribution in [3.05, 3.63) is 11.6 Å². The van der Waals surface area contributed by atoms with Gasteiger partial charge in [0.25, 0.3) is 0 Å². The average Bonchev–Trinajstić information content (AvgIpc) is 2.97. The Bertz CT molecular complexity index is 752. The van der Waals surface area contributed by atoms with Gasteiger partial charge < -0.3 is 4.74 Å². The van der Waals surface area contributed by atoms with Crippen molar-refractivity contribution >= 4 is 17.5 Å². The van der Waals surface area contributed by atoms with Gasteiger partial charge in [-0.3, -0.25) is 14.4 Å². The maximum Gasteiger partial charge on any atom is 0.302 e. The van der Waals surface area contributed by atoms with Gasteiger partial charge in [-0.05, 0) is 67.8 Å². The van der Waals surface area contributed by atoms with Crippen LogP contribution in [0.5, 0.6) is 0 Å². The van der Waals surface area contributed by atoms with E-state index in [0.29, 0.717) is 24.0 Å². The highest BCUT2D eigenvalue weighted by atomic mass is 16.5. The number of esters is 1. The summed E-state index contributed by atoms with van der Waals surface area (Å²) in [5, 5.41) is 0. The second kappa shape index (κ2) is 6.53. The lowest BCUT2D eigenvalue weighted by Crippen LogP contribution is -2.59. The molecule has 4 heteroatoms. The summed E-state index contributed by atoms with van der Waals surface area (Å²) < 4.78 is 5.98. The molecule has 0 heterocycles. The van der Waals surface area contributed by atoms with Gasteiger partial charge in [0.05, 0.1) is 0 Å². The van der Waals surface area contributed by atoms with Gasteiger partial charge in [0.15, 0.2) is 5.78 Å². The molecule has 4 nitrogen and oxygen atoms in total. The lowest BCUT2D eigenvalue weighted by Gasteiger charge is -2.61. The fourth-order valence-corrected chi connectivity index (χ4v) is 7.94.